The molecule has 0 saturated carbocycles. The lowest BCUT2D eigenvalue weighted by Gasteiger charge is -2.19. The molecule has 1 N–H and O–H groups in total. The number of hydrogen-bond donors (Lipinski definition) is 1. The zero-order valence-corrected chi connectivity index (χ0v) is 14.3. The third-order valence-corrected chi connectivity index (χ3v) is 4.39. The molecule has 1 amide bonds. The van der Waals surface area contributed by atoms with Crippen LogP contribution in [-0.4, -0.2) is 20.7 Å². The molecule has 0 bridgehead atoms. The Morgan fingerprint density at radius 2 is 1.91 bits per heavy atom. The number of amides is 1. The van der Waals surface area contributed by atoms with Crippen LogP contribution in [0.2, 0.25) is 0 Å². The average molecular weight is 312 g/mol. The minimum atomic E-state index is -0.149. The molecule has 23 heavy (non-hydrogen) atoms. The second-order valence-corrected chi connectivity index (χ2v) is 7.25. The molecule has 0 saturated heterocycles. The van der Waals surface area contributed by atoms with Gasteiger partial charge in [0, 0.05) is 18.5 Å². The van der Waals surface area contributed by atoms with E-state index in [-0.39, 0.29) is 17.4 Å². The smallest absolute Gasteiger partial charge is 0.251 e. The van der Waals surface area contributed by atoms with Crippen LogP contribution in [0.1, 0.15) is 67.7 Å². The molecule has 0 aliphatic carbocycles. The van der Waals surface area contributed by atoms with Crippen LogP contribution in [-0.2, 0) is 18.4 Å². The van der Waals surface area contributed by atoms with E-state index in [1.165, 1.54) is 5.56 Å². The van der Waals surface area contributed by atoms with Crippen LogP contribution in [0.25, 0.3) is 0 Å². The lowest BCUT2D eigenvalue weighted by atomic mass is 9.86. The Balaban J connectivity index is 1.71. The highest BCUT2D eigenvalue weighted by Gasteiger charge is 2.23. The second kappa shape index (κ2) is 5.80. The molecule has 1 aliphatic heterocycles. The first-order valence-electron chi connectivity index (χ1n) is 8.19. The molecule has 1 aromatic carbocycles. The van der Waals surface area contributed by atoms with E-state index in [2.05, 4.69) is 40.9 Å². The van der Waals surface area contributed by atoms with E-state index in [0.717, 1.165) is 31.0 Å². The summed E-state index contributed by atoms with van der Waals surface area (Å²) in [6.07, 6.45) is 2.08. The van der Waals surface area contributed by atoms with Gasteiger partial charge >= 0.3 is 0 Å². The number of nitrogens with zero attached hydrogens (tertiary/aromatic N) is 3. The number of benzene rings is 1. The molecule has 1 atom stereocenters. The zero-order chi connectivity index (χ0) is 16.6. The number of aryl methyl sites for hydroxylation is 1. The molecule has 0 spiro atoms. The first kappa shape index (κ1) is 15.7. The summed E-state index contributed by atoms with van der Waals surface area (Å²) in [5.74, 6) is 1.79. The standard InChI is InChI=1S/C18H24N4O/c1-12(16-21-20-15-6-5-11-22(15)16)19-17(23)13-7-9-14(10-8-13)18(2,3)4/h7-10,12H,5-6,11H2,1-4H3,(H,19,23). The van der Waals surface area contributed by atoms with Gasteiger partial charge in [-0.3, -0.25) is 4.79 Å². The van der Waals surface area contributed by atoms with E-state index in [1.807, 2.05) is 31.2 Å². The van der Waals surface area contributed by atoms with Gasteiger partial charge in [-0.2, -0.15) is 0 Å². The van der Waals surface area contributed by atoms with E-state index >= 15 is 0 Å². The van der Waals surface area contributed by atoms with Gasteiger partial charge in [0.05, 0.1) is 6.04 Å². The normalized spacial score (nSPS) is 15.3. The Bertz CT molecular complexity index is 710. The predicted octanol–water partition coefficient (Wildman–Crippen LogP) is 3.01. The van der Waals surface area contributed by atoms with Gasteiger partial charge in [0.1, 0.15) is 5.82 Å². The van der Waals surface area contributed by atoms with Crippen molar-refractivity contribution in [2.24, 2.45) is 0 Å². The molecule has 122 valence electrons. The molecular weight excluding hydrogens is 288 g/mol. The van der Waals surface area contributed by atoms with Crippen molar-refractivity contribution in [3.63, 3.8) is 0 Å². The Labute approximate surface area is 137 Å². The van der Waals surface area contributed by atoms with E-state index in [9.17, 15) is 4.79 Å². The first-order valence-corrected chi connectivity index (χ1v) is 8.19. The number of carbonyl (C=O) groups excluding carboxylic acids is 1. The Hall–Kier alpha value is -2.17. The van der Waals surface area contributed by atoms with Crippen molar-refractivity contribution >= 4 is 5.91 Å². The van der Waals surface area contributed by atoms with Gasteiger partial charge in [-0.05, 0) is 36.5 Å². The highest BCUT2D eigenvalue weighted by molar-refractivity contribution is 5.94. The lowest BCUT2D eigenvalue weighted by Crippen LogP contribution is -2.28. The van der Waals surface area contributed by atoms with Gasteiger partial charge in [0.25, 0.3) is 5.91 Å². The van der Waals surface area contributed by atoms with E-state index < -0.39 is 0 Å². The number of carbonyl (C=O) groups is 1. The lowest BCUT2D eigenvalue weighted by molar-refractivity contribution is 0.0937. The van der Waals surface area contributed by atoms with Gasteiger partial charge in [-0.25, -0.2) is 0 Å². The summed E-state index contributed by atoms with van der Waals surface area (Å²) in [6.45, 7) is 9.39. The Morgan fingerprint density at radius 1 is 1.22 bits per heavy atom. The summed E-state index contributed by atoms with van der Waals surface area (Å²) in [7, 11) is 0. The molecule has 1 aliphatic rings. The van der Waals surface area contributed by atoms with E-state index in [0.29, 0.717) is 5.56 Å². The Morgan fingerprint density at radius 3 is 2.57 bits per heavy atom. The van der Waals surface area contributed by atoms with Crippen molar-refractivity contribution in [3.05, 3.63) is 47.0 Å². The van der Waals surface area contributed by atoms with Gasteiger partial charge in [0.2, 0.25) is 0 Å². The highest BCUT2D eigenvalue weighted by atomic mass is 16.1. The number of nitrogens with one attached hydrogen (secondary N) is 1. The fraction of sp³-hybridized carbons (Fsp3) is 0.500. The number of fused-ring (bicyclic) bond motifs is 1. The van der Waals surface area contributed by atoms with E-state index in [1.54, 1.807) is 0 Å². The summed E-state index contributed by atoms with van der Waals surface area (Å²) in [4.78, 5) is 12.4. The minimum absolute atomic E-state index is 0.0756. The van der Waals surface area contributed by atoms with Gasteiger partial charge < -0.3 is 9.88 Å². The van der Waals surface area contributed by atoms with Gasteiger partial charge in [-0.15, -0.1) is 10.2 Å². The van der Waals surface area contributed by atoms with Crippen LogP contribution in [0.5, 0.6) is 0 Å². The van der Waals surface area contributed by atoms with Crippen LogP contribution in [0.3, 0.4) is 0 Å². The Kier molecular flexibility index (Phi) is 3.96. The number of hydrogen-bond acceptors (Lipinski definition) is 3. The molecule has 2 heterocycles. The van der Waals surface area contributed by atoms with Crippen molar-refractivity contribution in [2.45, 2.75) is 58.5 Å². The van der Waals surface area contributed by atoms with Gasteiger partial charge in [0.15, 0.2) is 5.82 Å². The predicted molar refractivity (Wildman–Crippen MR) is 89.4 cm³/mol. The summed E-state index contributed by atoms with van der Waals surface area (Å²) in [6, 6.07) is 7.67. The fourth-order valence-electron chi connectivity index (χ4n) is 2.96. The van der Waals surface area contributed by atoms with Gasteiger partial charge in [-0.1, -0.05) is 32.9 Å². The summed E-state index contributed by atoms with van der Waals surface area (Å²) in [5, 5.41) is 11.5. The maximum Gasteiger partial charge on any atom is 0.251 e. The summed E-state index contributed by atoms with van der Waals surface area (Å²) >= 11 is 0. The third kappa shape index (κ3) is 3.14. The van der Waals surface area contributed by atoms with Crippen molar-refractivity contribution < 1.29 is 4.79 Å². The number of rotatable bonds is 3. The van der Waals surface area contributed by atoms with Crippen molar-refractivity contribution in [1.29, 1.82) is 0 Å². The topological polar surface area (TPSA) is 59.8 Å². The molecule has 3 rings (SSSR count). The molecule has 1 unspecified atom stereocenters. The molecule has 5 nitrogen and oxygen atoms in total. The fourth-order valence-corrected chi connectivity index (χ4v) is 2.96. The minimum Gasteiger partial charge on any atom is -0.342 e. The van der Waals surface area contributed by atoms with Crippen molar-refractivity contribution in [1.82, 2.24) is 20.1 Å². The first-order chi connectivity index (χ1) is 10.9. The highest BCUT2D eigenvalue weighted by Crippen LogP contribution is 2.23. The SMILES string of the molecule is CC(NC(=O)c1ccc(C(C)(C)C)cc1)c1nnc2n1CCC2. The van der Waals surface area contributed by atoms with Crippen LogP contribution >= 0.6 is 0 Å². The van der Waals surface area contributed by atoms with Crippen molar-refractivity contribution in [2.75, 3.05) is 0 Å². The molecular formula is C18H24N4O. The quantitative estimate of drug-likeness (QED) is 0.947. The number of aromatic nitrogens is 3. The average Bonchev–Trinajstić information content (AvgIpc) is 3.09. The molecule has 2 aromatic rings. The van der Waals surface area contributed by atoms with Crippen LogP contribution < -0.4 is 5.32 Å². The molecule has 0 radical (unpaired) electrons. The van der Waals surface area contributed by atoms with E-state index in [4.69, 9.17) is 0 Å². The third-order valence-electron chi connectivity index (χ3n) is 4.39. The maximum absolute atomic E-state index is 12.4. The van der Waals surface area contributed by atoms with Crippen molar-refractivity contribution in [3.8, 4) is 0 Å². The van der Waals surface area contributed by atoms with Crippen LogP contribution in [0.15, 0.2) is 24.3 Å². The second-order valence-electron chi connectivity index (χ2n) is 7.25. The van der Waals surface area contributed by atoms with Crippen LogP contribution in [0.4, 0.5) is 0 Å². The molecule has 5 heteroatoms. The largest absolute Gasteiger partial charge is 0.342 e. The summed E-state index contributed by atoms with van der Waals surface area (Å²) in [5.41, 5.74) is 1.98. The van der Waals surface area contributed by atoms with Crippen LogP contribution in [0, 0.1) is 0 Å². The maximum atomic E-state index is 12.4. The monoisotopic (exact) mass is 312 g/mol. The zero-order valence-electron chi connectivity index (χ0n) is 14.3. The molecule has 0 fully saturated rings. The summed E-state index contributed by atoms with van der Waals surface area (Å²) < 4.78 is 2.12. The molecule has 1 aromatic heterocycles.